The first-order valence-electron chi connectivity index (χ1n) is 4.86. The van der Waals surface area contributed by atoms with Gasteiger partial charge in [-0.25, -0.2) is 15.6 Å². The summed E-state index contributed by atoms with van der Waals surface area (Å²) in [6.45, 7) is 3.90. The van der Waals surface area contributed by atoms with Crippen molar-refractivity contribution >= 4 is 6.09 Å². The lowest BCUT2D eigenvalue weighted by molar-refractivity contribution is 0.0860. The average molecular weight is 208 g/mol. The van der Waals surface area contributed by atoms with Gasteiger partial charge in [0.1, 0.15) is 6.61 Å². The molecule has 0 saturated carbocycles. The molecule has 0 aliphatic carbocycles. The lowest BCUT2D eigenvalue weighted by Gasteiger charge is -2.19. The SMILES string of the molecule is CC(C)N(N)C(=O)OCc1ccccc1. The van der Waals surface area contributed by atoms with Crippen LogP contribution in [0.15, 0.2) is 30.3 Å². The van der Waals surface area contributed by atoms with E-state index in [2.05, 4.69) is 0 Å². The summed E-state index contributed by atoms with van der Waals surface area (Å²) in [4.78, 5) is 11.3. The molecule has 0 heterocycles. The second kappa shape index (κ2) is 5.36. The van der Waals surface area contributed by atoms with Crippen molar-refractivity contribution in [3.05, 3.63) is 35.9 Å². The molecule has 4 heteroatoms. The zero-order chi connectivity index (χ0) is 11.3. The minimum atomic E-state index is -0.506. The van der Waals surface area contributed by atoms with Gasteiger partial charge in [-0.3, -0.25) is 0 Å². The molecule has 0 saturated heterocycles. The summed E-state index contributed by atoms with van der Waals surface area (Å²) in [5.41, 5.74) is 0.947. The van der Waals surface area contributed by atoms with Crippen molar-refractivity contribution in [1.82, 2.24) is 5.01 Å². The fraction of sp³-hybridized carbons (Fsp3) is 0.364. The summed E-state index contributed by atoms with van der Waals surface area (Å²) in [6.07, 6.45) is -0.506. The number of carbonyl (C=O) groups excluding carboxylic acids is 1. The molecule has 0 bridgehead atoms. The van der Waals surface area contributed by atoms with Crippen molar-refractivity contribution in [2.24, 2.45) is 5.84 Å². The van der Waals surface area contributed by atoms with Crippen LogP contribution in [0, 0.1) is 0 Å². The lowest BCUT2D eigenvalue weighted by atomic mass is 10.2. The lowest BCUT2D eigenvalue weighted by Crippen LogP contribution is -2.42. The molecule has 15 heavy (non-hydrogen) atoms. The van der Waals surface area contributed by atoms with Crippen LogP contribution in [0.25, 0.3) is 0 Å². The maximum absolute atomic E-state index is 11.3. The van der Waals surface area contributed by atoms with Gasteiger partial charge >= 0.3 is 6.09 Å². The highest BCUT2D eigenvalue weighted by Crippen LogP contribution is 2.02. The van der Waals surface area contributed by atoms with Crippen molar-refractivity contribution in [2.45, 2.75) is 26.5 Å². The number of carbonyl (C=O) groups is 1. The number of nitrogens with two attached hydrogens (primary N) is 1. The second-order valence-corrected chi connectivity index (χ2v) is 3.54. The van der Waals surface area contributed by atoms with Gasteiger partial charge in [-0.2, -0.15) is 0 Å². The second-order valence-electron chi connectivity index (χ2n) is 3.54. The molecule has 0 aliphatic rings. The number of hydrogen-bond acceptors (Lipinski definition) is 3. The van der Waals surface area contributed by atoms with Gasteiger partial charge in [0, 0.05) is 6.04 Å². The predicted molar refractivity (Wildman–Crippen MR) is 57.8 cm³/mol. The normalized spacial score (nSPS) is 10.1. The Balaban J connectivity index is 2.41. The molecule has 0 aromatic heterocycles. The van der Waals surface area contributed by atoms with Crippen LogP contribution in [0.5, 0.6) is 0 Å². The van der Waals surface area contributed by atoms with Crippen LogP contribution in [-0.2, 0) is 11.3 Å². The Kier molecular flexibility index (Phi) is 4.12. The van der Waals surface area contributed by atoms with Gasteiger partial charge in [0.15, 0.2) is 0 Å². The Morgan fingerprint density at radius 1 is 1.40 bits per heavy atom. The van der Waals surface area contributed by atoms with Crippen LogP contribution >= 0.6 is 0 Å². The number of nitrogens with zero attached hydrogens (tertiary/aromatic N) is 1. The molecule has 1 aromatic carbocycles. The molecular formula is C11H16N2O2. The van der Waals surface area contributed by atoms with Crippen molar-refractivity contribution in [3.63, 3.8) is 0 Å². The summed E-state index contributed by atoms with van der Waals surface area (Å²) in [6, 6.07) is 9.42. The maximum Gasteiger partial charge on any atom is 0.424 e. The fourth-order valence-corrected chi connectivity index (χ4v) is 1.00. The van der Waals surface area contributed by atoms with E-state index in [4.69, 9.17) is 10.6 Å². The molecule has 0 spiro atoms. The van der Waals surface area contributed by atoms with E-state index < -0.39 is 6.09 Å². The van der Waals surface area contributed by atoms with Crippen LogP contribution in [0.1, 0.15) is 19.4 Å². The van der Waals surface area contributed by atoms with E-state index in [1.54, 1.807) is 0 Å². The van der Waals surface area contributed by atoms with Crippen molar-refractivity contribution < 1.29 is 9.53 Å². The minimum Gasteiger partial charge on any atom is -0.444 e. The molecular weight excluding hydrogens is 192 g/mol. The van der Waals surface area contributed by atoms with Crippen LogP contribution in [0.2, 0.25) is 0 Å². The molecule has 1 aromatic rings. The Hall–Kier alpha value is -1.55. The van der Waals surface area contributed by atoms with Gasteiger partial charge in [-0.1, -0.05) is 30.3 Å². The zero-order valence-electron chi connectivity index (χ0n) is 9.01. The van der Waals surface area contributed by atoms with E-state index in [0.717, 1.165) is 10.6 Å². The highest BCUT2D eigenvalue weighted by Gasteiger charge is 2.13. The molecule has 82 valence electrons. The predicted octanol–water partition coefficient (Wildman–Crippen LogP) is 1.91. The first-order valence-corrected chi connectivity index (χ1v) is 4.86. The molecule has 0 atom stereocenters. The van der Waals surface area contributed by atoms with Gasteiger partial charge < -0.3 is 4.74 Å². The third-order valence-electron chi connectivity index (χ3n) is 1.97. The third-order valence-corrected chi connectivity index (χ3v) is 1.97. The van der Waals surface area contributed by atoms with E-state index in [1.807, 2.05) is 44.2 Å². The molecule has 1 amide bonds. The number of rotatable bonds is 3. The van der Waals surface area contributed by atoms with E-state index in [-0.39, 0.29) is 12.6 Å². The highest BCUT2D eigenvalue weighted by molar-refractivity contribution is 5.67. The molecule has 0 fully saturated rings. The highest BCUT2D eigenvalue weighted by atomic mass is 16.6. The van der Waals surface area contributed by atoms with Crippen molar-refractivity contribution in [2.75, 3.05) is 0 Å². The standard InChI is InChI=1S/C11H16N2O2/c1-9(2)13(12)11(14)15-8-10-6-4-3-5-7-10/h3-7,9H,8,12H2,1-2H3. The molecule has 1 rings (SSSR count). The zero-order valence-corrected chi connectivity index (χ0v) is 9.01. The summed E-state index contributed by atoms with van der Waals surface area (Å²) in [5.74, 6) is 5.48. The minimum absolute atomic E-state index is 0.0618. The molecule has 0 radical (unpaired) electrons. The topological polar surface area (TPSA) is 55.6 Å². The summed E-state index contributed by atoms with van der Waals surface area (Å²) in [5, 5.41) is 1.07. The Morgan fingerprint density at radius 3 is 2.53 bits per heavy atom. The number of benzene rings is 1. The Bertz CT molecular complexity index is 312. The monoisotopic (exact) mass is 208 g/mol. The summed E-state index contributed by atoms with van der Waals surface area (Å²) in [7, 11) is 0. The van der Waals surface area contributed by atoms with Gasteiger partial charge in [0.25, 0.3) is 0 Å². The van der Waals surface area contributed by atoms with Crippen LogP contribution in [0.4, 0.5) is 4.79 Å². The van der Waals surface area contributed by atoms with Crippen LogP contribution in [-0.4, -0.2) is 17.1 Å². The number of hydrogen-bond donors (Lipinski definition) is 1. The Morgan fingerprint density at radius 2 is 2.00 bits per heavy atom. The van der Waals surface area contributed by atoms with Crippen LogP contribution in [0.3, 0.4) is 0 Å². The van der Waals surface area contributed by atoms with Gasteiger partial charge in [-0.05, 0) is 19.4 Å². The molecule has 0 aliphatic heterocycles. The number of amides is 1. The summed E-state index contributed by atoms with van der Waals surface area (Å²) >= 11 is 0. The quantitative estimate of drug-likeness (QED) is 0.469. The third kappa shape index (κ3) is 3.59. The van der Waals surface area contributed by atoms with Gasteiger partial charge in [-0.15, -0.1) is 0 Å². The Labute approximate surface area is 89.6 Å². The molecule has 0 unspecified atom stereocenters. The molecule has 2 N–H and O–H groups in total. The van der Waals surface area contributed by atoms with E-state index >= 15 is 0 Å². The van der Waals surface area contributed by atoms with E-state index in [0.29, 0.717) is 0 Å². The van der Waals surface area contributed by atoms with Crippen LogP contribution < -0.4 is 5.84 Å². The van der Waals surface area contributed by atoms with Gasteiger partial charge in [0.2, 0.25) is 0 Å². The summed E-state index contributed by atoms with van der Waals surface area (Å²) < 4.78 is 5.01. The fourth-order valence-electron chi connectivity index (χ4n) is 1.00. The smallest absolute Gasteiger partial charge is 0.424 e. The largest absolute Gasteiger partial charge is 0.444 e. The number of ether oxygens (including phenoxy) is 1. The molecule has 4 nitrogen and oxygen atoms in total. The first-order chi connectivity index (χ1) is 7.11. The maximum atomic E-state index is 11.3. The average Bonchev–Trinajstić information content (AvgIpc) is 2.26. The number of hydrazine groups is 1. The van der Waals surface area contributed by atoms with E-state index in [1.165, 1.54) is 0 Å². The first kappa shape index (κ1) is 11.5. The van der Waals surface area contributed by atoms with Crippen molar-refractivity contribution in [1.29, 1.82) is 0 Å². The van der Waals surface area contributed by atoms with Gasteiger partial charge in [0.05, 0.1) is 0 Å². The van der Waals surface area contributed by atoms with Crippen molar-refractivity contribution in [3.8, 4) is 0 Å². The van der Waals surface area contributed by atoms with E-state index in [9.17, 15) is 4.79 Å².